The summed E-state index contributed by atoms with van der Waals surface area (Å²) in [6.07, 6.45) is 0. The van der Waals surface area contributed by atoms with E-state index < -0.39 is 0 Å². The van der Waals surface area contributed by atoms with Gasteiger partial charge in [-0.25, -0.2) is 0 Å². The second-order valence-electron chi connectivity index (χ2n) is 1.52. The quantitative estimate of drug-likeness (QED) is 0.529. The van der Waals surface area contributed by atoms with Gasteiger partial charge in [-0.1, -0.05) is 0 Å². The Labute approximate surface area is 73.3 Å². The average Bonchev–Trinajstić information content (AvgIpc) is 1.77. The Kier molecular flexibility index (Phi) is 3.60. The maximum absolute atomic E-state index is 8.65. The van der Waals surface area contributed by atoms with Crippen LogP contribution in [0.1, 0.15) is 0 Å². The zero-order chi connectivity index (χ0) is 5.98. The normalized spacial score (nSPS) is 8.00. The van der Waals surface area contributed by atoms with E-state index >= 15 is 0 Å². The summed E-state index contributed by atoms with van der Waals surface area (Å²) >= 11 is 0. The molecular weight excluding hydrogens is 311 g/mol. The van der Waals surface area contributed by atoms with Crippen LogP contribution in [0.4, 0.5) is 0 Å². The first-order valence-electron chi connectivity index (χ1n) is 2.27. The minimum atomic E-state index is 0. The van der Waals surface area contributed by atoms with Crippen molar-refractivity contribution in [3.63, 3.8) is 0 Å². The molecule has 0 saturated heterocycles. The van der Waals surface area contributed by atoms with Crippen molar-refractivity contribution in [1.29, 1.82) is 0 Å². The summed E-state index contributed by atoms with van der Waals surface area (Å²) in [5.41, 5.74) is 0. The molecule has 0 unspecified atom stereocenters. The number of rotatable bonds is 0. The Hall–Kier alpha value is -0.258. The molecule has 0 aliphatic heterocycles. The van der Waals surface area contributed by atoms with E-state index in [-0.39, 0.29) is 38.8 Å². The second kappa shape index (κ2) is 3.71. The van der Waals surface area contributed by atoms with E-state index in [0.717, 1.165) is 0 Å². The number of phenols is 2. The van der Waals surface area contributed by atoms with E-state index in [1.54, 1.807) is 0 Å². The Morgan fingerprint density at radius 1 is 0.778 bits per heavy atom. The van der Waals surface area contributed by atoms with Gasteiger partial charge in [-0.3, -0.25) is 0 Å². The Balaban J connectivity index is 0.000000640. The molecule has 0 saturated carbocycles. The van der Waals surface area contributed by atoms with Crippen LogP contribution in [0.5, 0.6) is 11.5 Å². The van der Waals surface area contributed by atoms with Gasteiger partial charge >= 0.3 is 27.3 Å². The molecule has 0 fully saturated rings. The standard InChI is InChI=1S/C6H6O2.Pb.2H/c7-5-1-2-6(8)4-3-5;;;/h1-4,7-8H;;;. The average molecular weight is 319 g/mol. The summed E-state index contributed by atoms with van der Waals surface area (Å²) in [6.45, 7) is 0. The first-order chi connectivity index (χ1) is 3.79. The van der Waals surface area contributed by atoms with E-state index in [1.165, 1.54) is 24.3 Å². The van der Waals surface area contributed by atoms with Gasteiger partial charge < -0.3 is 10.2 Å². The van der Waals surface area contributed by atoms with Crippen molar-refractivity contribution in [3.8, 4) is 11.5 Å². The zero-order valence-electron chi connectivity index (χ0n) is 4.91. The third-order valence-corrected chi connectivity index (χ3v) is 0.850. The SMILES string of the molecule is Oc1ccc(O)cc1.[PbH2]. The summed E-state index contributed by atoms with van der Waals surface area (Å²) in [4.78, 5) is 0. The number of hydrogen-bond donors (Lipinski definition) is 2. The van der Waals surface area contributed by atoms with E-state index in [9.17, 15) is 0 Å². The Morgan fingerprint density at radius 2 is 1.00 bits per heavy atom. The summed E-state index contributed by atoms with van der Waals surface area (Å²) in [7, 11) is 0. The topological polar surface area (TPSA) is 40.5 Å². The minimum absolute atomic E-state index is 0. The number of benzene rings is 1. The van der Waals surface area contributed by atoms with E-state index in [0.29, 0.717) is 0 Å². The molecule has 0 aliphatic carbocycles. The first-order valence-corrected chi connectivity index (χ1v) is 2.27. The molecule has 2 nitrogen and oxygen atoms in total. The van der Waals surface area contributed by atoms with Gasteiger partial charge in [-0.2, -0.15) is 0 Å². The van der Waals surface area contributed by atoms with Gasteiger partial charge in [0.15, 0.2) is 0 Å². The molecule has 0 aliphatic rings. The van der Waals surface area contributed by atoms with Crippen molar-refractivity contribution in [2.75, 3.05) is 0 Å². The zero-order valence-corrected chi connectivity index (χ0v) is 10.4. The number of hydrogen-bond acceptors (Lipinski definition) is 2. The molecule has 0 amide bonds. The van der Waals surface area contributed by atoms with Crippen molar-refractivity contribution >= 4 is 27.3 Å². The molecule has 0 heterocycles. The van der Waals surface area contributed by atoms with Gasteiger partial charge in [0.05, 0.1) is 0 Å². The van der Waals surface area contributed by atoms with Crippen molar-refractivity contribution in [2.45, 2.75) is 0 Å². The third-order valence-electron chi connectivity index (χ3n) is 0.850. The molecule has 3 heteroatoms. The molecule has 1 aromatic rings. The molecule has 0 bridgehead atoms. The van der Waals surface area contributed by atoms with Crippen molar-refractivity contribution < 1.29 is 10.2 Å². The maximum atomic E-state index is 8.65. The van der Waals surface area contributed by atoms with Crippen LogP contribution in [0, 0.1) is 0 Å². The predicted molar refractivity (Wildman–Crippen MR) is 38.3 cm³/mol. The molecule has 0 atom stereocenters. The molecule has 9 heavy (non-hydrogen) atoms. The van der Waals surface area contributed by atoms with Crippen LogP contribution in [0.25, 0.3) is 0 Å². The summed E-state index contributed by atoms with van der Waals surface area (Å²) < 4.78 is 0. The van der Waals surface area contributed by atoms with Crippen LogP contribution in [0.2, 0.25) is 0 Å². The molecule has 0 spiro atoms. The summed E-state index contributed by atoms with van der Waals surface area (Å²) in [6, 6.07) is 5.70. The monoisotopic (exact) mass is 320 g/mol. The molecule has 2 N–H and O–H groups in total. The number of phenolic OH excluding ortho intramolecular Hbond substituents is 2. The van der Waals surface area contributed by atoms with Crippen molar-refractivity contribution in [1.82, 2.24) is 0 Å². The summed E-state index contributed by atoms with van der Waals surface area (Å²) in [5, 5.41) is 17.3. The first kappa shape index (κ1) is 8.74. The molecule has 2 radical (unpaired) electrons. The van der Waals surface area contributed by atoms with Gasteiger partial charge in [0.2, 0.25) is 0 Å². The second-order valence-corrected chi connectivity index (χ2v) is 1.52. The van der Waals surface area contributed by atoms with Crippen LogP contribution in [-0.2, 0) is 0 Å². The van der Waals surface area contributed by atoms with Crippen LogP contribution in [-0.4, -0.2) is 37.5 Å². The molecule has 1 aromatic carbocycles. The third kappa shape index (κ3) is 2.69. The van der Waals surface area contributed by atoms with Gasteiger partial charge in [0.25, 0.3) is 0 Å². The Morgan fingerprint density at radius 3 is 1.22 bits per heavy atom. The van der Waals surface area contributed by atoms with E-state index in [2.05, 4.69) is 0 Å². The van der Waals surface area contributed by atoms with Crippen molar-refractivity contribution in [3.05, 3.63) is 24.3 Å². The number of aromatic hydroxyl groups is 2. The molecule has 48 valence electrons. The predicted octanol–water partition coefficient (Wildman–Crippen LogP) is 0.182. The summed E-state index contributed by atoms with van der Waals surface area (Å²) in [5.74, 6) is 0.339. The molecule has 0 aromatic heterocycles. The van der Waals surface area contributed by atoms with Gasteiger partial charge in [0.1, 0.15) is 11.5 Å². The fourth-order valence-electron chi connectivity index (χ4n) is 0.453. The van der Waals surface area contributed by atoms with Crippen LogP contribution in [0.3, 0.4) is 0 Å². The van der Waals surface area contributed by atoms with Gasteiger partial charge in [-0.05, 0) is 24.3 Å². The molecular formula is C6H8O2Pb. The van der Waals surface area contributed by atoms with E-state index in [1.807, 2.05) is 0 Å². The fourth-order valence-corrected chi connectivity index (χ4v) is 0.453. The van der Waals surface area contributed by atoms with Crippen LogP contribution in [0.15, 0.2) is 24.3 Å². The fraction of sp³-hybridized carbons (Fsp3) is 0. The van der Waals surface area contributed by atoms with E-state index in [4.69, 9.17) is 10.2 Å². The van der Waals surface area contributed by atoms with Crippen LogP contribution >= 0.6 is 0 Å². The molecule has 1 rings (SSSR count). The van der Waals surface area contributed by atoms with Gasteiger partial charge in [-0.15, -0.1) is 0 Å². The van der Waals surface area contributed by atoms with Crippen LogP contribution < -0.4 is 0 Å². The van der Waals surface area contributed by atoms with Gasteiger partial charge in [0, 0.05) is 0 Å². The Bertz CT molecular complexity index is 150. The van der Waals surface area contributed by atoms with Crippen molar-refractivity contribution in [2.24, 2.45) is 0 Å².